The van der Waals surface area contributed by atoms with Crippen molar-refractivity contribution in [1.82, 2.24) is 0 Å². The lowest BCUT2D eigenvalue weighted by atomic mass is 10.3. The van der Waals surface area contributed by atoms with Gasteiger partial charge < -0.3 is 14.6 Å². The first-order valence-electron chi connectivity index (χ1n) is 4.43. The fourth-order valence-corrected chi connectivity index (χ4v) is 0.967. The maximum atomic E-state index is 12.8. The van der Waals surface area contributed by atoms with Crippen molar-refractivity contribution in [2.24, 2.45) is 0 Å². The van der Waals surface area contributed by atoms with Crippen molar-refractivity contribution in [2.75, 3.05) is 19.8 Å². The lowest BCUT2D eigenvalue weighted by Gasteiger charge is -2.07. The molecule has 0 aromatic heterocycles. The van der Waals surface area contributed by atoms with Crippen molar-refractivity contribution < 1.29 is 19.0 Å². The monoisotopic (exact) mass is 200 g/mol. The first-order valence-corrected chi connectivity index (χ1v) is 4.43. The molecule has 0 spiro atoms. The summed E-state index contributed by atoms with van der Waals surface area (Å²) in [7, 11) is 0. The normalized spacial score (nSPS) is 10.1. The van der Waals surface area contributed by atoms with Gasteiger partial charge in [-0.25, -0.2) is 4.39 Å². The molecule has 0 bridgehead atoms. The summed E-state index contributed by atoms with van der Waals surface area (Å²) in [5, 5.41) is 9.21. The van der Waals surface area contributed by atoms with E-state index in [4.69, 9.17) is 9.47 Å². The minimum absolute atomic E-state index is 0.143. The Labute approximate surface area is 82.1 Å². The molecule has 0 heterocycles. The van der Waals surface area contributed by atoms with Gasteiger partial charge in [0.25, 0.3) is 0 Å². The largest absolute Gasteiger partial charge is 0.502 e. The molecule has 0 atom stereocenters. The SMILES string of the molecule is CCOCCOc1cccc(F)c1O. The van der Waals surface area contributed by atoms with Gasteiger partial charge in [-0.1, -0.05) is 6.07 Å². The van der Waals surface area contributed by atoms with E-state index in [0.29, 0.717) is 19.8 Å². The Hall–Kier alpha value is -1.29. The van der Waals surface area contributed by atoms with Crippen LogP contribution in [0.5, 0.6) is 11.5 Å². The zero-order valence-corrected chi connectivity index (χ0v) is 8.00. The zero-order chi connectivity index (χ0) is 10.4. The number of rotatable bonds is 5. The zero-order valence-electron chi connectivity index (χ0n) is 8.00. The van der Waals surface area contributed by atoms with E-state index in [2.05, 4.69) is 0 Å². The van der Waals surface area contributed by atoms with Crippen LogP contribution in [-0.2, 0) is 4.74 Å². The topological polar surface area (TPSA) is 38.7 Å². The number of phenolic OH excluding ortho intramolecular Hbond substituents is 1. The fourth-order valence-electron chi connectivity index (χ4n) is 0.967. The summed E-state index contributed by atoms with van der Waals surface area (Å²) >= 11 is 0. The second-order valence-corrected chi connectivity index (χ2v) is 2.63. The van der Waals surface area contributed by atoms with Gasteiger partial charge in [0.1, 0.15) is 6.61 Å². The van der Waals surface area contributed by atoms with E-state index in [1.54, 1.807) is 0 Å². The van der Waals surface area contributed by atoms with Gasteiger partial charge in [-0.05, 0) is 19.1 Å². The van der Waals surface area contributed by atoms with Crippen molar-refractivity contribution in [1.29, 1.82) is 0 Å². The molecule has 14 heavy (non-hydrogen) atoms. The predicted octanol–water partition coefficient (Wildman–Crippen LogP) is 1.95. The Balaban J connectivity index is 2.46. The summed E-state index contributed by atoms with van der Waals surface area (Å²) in [6.45, 7) is 3.20. The Morgan fingerprint density at radius 3 is 2.86 bits per heavy atom. The average Bonchev–Trinajstić information content (AvgIpc) is 2.19. The van der Waals surface area contributed by atoms with Crippen LogP contribution < -0.4 is 4.74 Å². The highest BCUT2D eigenvalue weighted by atomic mass is 19.1. The van der Waals surface area contributed by atoms with Gasteiger partial charge in [0, 0.05) is 6.61 Å². The molecule has 0 unspecified atom stereocenters. The minimum Gasteiger partial charge on any atom is -0.502 e. The molecule has 0 radical (unpaired) electrons. The van der Waals surface area contributed by atoms with Gasteiger partial charge in [0.2, 0.25) is 0 Å². The van der Waals surface area contributed by atoms with Crippen LogP contribution in [-0.4, -0.2) is 24.9 Å². The second-order valence-electron chi connectivity index (χ2n) is 2.63. The van der Waals surface area contributed by atoms with Crippen LogP contribution in [0.4, 0.5) is 4.39 Å². The molecular formula is C10H13FO3. The molecule has 1 N–H and O–H groups in total. The number of phenols is 1. The number of ether oxygens (including phenoxy) is 2. The van der Waals surface area contributed by atoms with Gasteiger partial charge in [-0.15, -0.1) is 0 Å². The Morgan fingerprint density at radius 2 is 2.14 bits per heavy atom. The van der Waals surface area contributed by atoms with Crippen LogP contribution in [0.15, 0.2) is 18.2 Å². The van der Waals surface area contributed by atoms with Gasteiger partial charge in [0.05, 0.1) is 6.61 Å². The third-order valence-electron chi connectivity index (χ3n) is 1.64. The van der Waals surface area contributed by atoms with Gasteiger partial charge >= 0.3 is 0 Å². The molecule has 3 nitrogen and oxygen atoms in total. The summed E-state index contributed by atoms with van der Waals surface area (Å²) in [6.07, 6.45) is 0. The van der Waals surface area contributed by atoms with Crippen molar-refractivity contribution >= 4 is 0 Å². The molecule has 78 valence electrons. The Bertz CT molecular complexity index is 289. The lowest BCUT2D eigenvalue weighted by molar-refractivity contribution is 0.108. The molecule has 0 aliphatic rings. The number of hydrogen-bond donors (Lipinski definition) is 1. The first-order chi connectivity index (χ1) is 6.75. The number of halogens is 1. The van der Waals surface area contributed by atoms with Gasteiger partial charge in [0.15, 0.2) is 17.3 Å². The summed E-state index contributed by atoms with van der Waals surface area (Å²) in [4.78, 5) is 0. The highest BCUT2D eigenvalue weighted by molar-refractivity contribution is 5.39. The molecule has 1 rings (SSSR count). The van der Waals surface area contributed by atoms with E-state index in [1.807, 2.05) is 6.92 Å². The van der Waals surface area contributed by atoms with Gasteiger partial charge in [-0.3, -0.25) is 0 Å². The maximum absolute atomic E-state index is 12.8. The van der Waals surface area contributed by atoms with Crippen LogP contribution in [0.3, 0.4) is 0 Å². The molecule has 0 aliphatic carbocycles. The number of hydrogen-bond acceptors (Lipinski definition) is 3. The predicted molar refractivity (Wildman–Crippen MR) is 50.1 cm³/mol. The maximum Gasteiger partial charge on any atom is 0.194 e. The van der Waals surface area contributed by atoms with E-state index in [-0.39, 0.29) is 5.75 Å². The average molecular weight is 200 g/mol. The van der Waals surface area contributed by atoms with Crippen molar-refractivity contribution in [3.05, 3.63) is 24.0 Å². The van der Waals surface area contributed by atoms with E-state index in [0.717, 1.165) is 0 Å². The summed E-state index contributed by atoms with van der Waals surface area (Å²) in [6, 6.07) is 4.15. The van der Waals surface area contributed by atoms with E-state index >= 15 is 0 Å². The van der Waals surface area contributed by atoms with Crippen LogP contribution in [0, 0.1) is 5.82 Å². The molecule has 0 amide bonds. The smallest absolute Gasteiger partial charge is 0.194 e. The minimum atomic E-state index is -0.682. The fraction of sp³-hybridized carbons (Fsp3) is 0.400. The molecule has 0 saturated carbocycles. The van der Waals surface area contributed by atoms with Crippen LogP contribution in [0.1, 0.15) is 6.92 Å². The molecule has 0 fully saturated rings. The molecule has 1 aromatic carbocycles. The quantitative estimate of drug-likeness (QED) is 0.738. The second kappa shape index (κ2) is 5.44. The molecule has 0 aliphatic heterocycles. The van der Waals surface area contributed by atoms with Gasteiger partial charge in [-0.2, -0.15) is 0 Å². The van der Waals surface area contributed by atoms with Crippen molar-refractivity contribution in [3.63, 3.8) is 0 Å². The lowest BCUT2D eigenvalue weighted by Crippen LogP contribution is -2.06. The molecular weight excluding hydrogens is 187 g/mol. The molecule has 1 aromatic rings. The summed E-state index contributed by atoms with van der Waals surface area (Å²) < 4.78 is 22.9. The summed E-state index contributed by atoms with van der Waals surface area (Å²) in [5.74, 6) is -0.993. The van der Waals surface area contributed by atoms with Crippen molar-refractivity contribution in [3.8, 4) is 11.5 Å². The van der Waals surface area contributed by atoms with E-state index in [1.165, 1.54) is 18.2 Å². The van der Waals surface area contributed by atoms with Crippen molar-refractivity contribution in [2.45, 2.75) is 6.92 Å². The Morgan fingerprint density at radius 1 is 1.36 bits per heavy atom. The number of para-hydroxylation sites is 1. The molecule has 0 saturated heterocycles. The van der Waals surface area contributed by atoms with E-state index < -0.39 is 11.6 Å². The highest BCUT2D eigenvalue weighted by Crippen LogP contribution is 2.27. The number of aromatic hydroxyl groups is 1. The third kappa shape index (κ3) is 2.88. The highest BCUT2D eigenvalue weighted by Gasteiger charge is 2.06. The van der Waals surface area contributed by atoms with Crippen LogP contribution >= 0.6 is 0 Å². The van der Waals surface area contributed by atoms with Crippen LogP contribution in [0.2, 0.25) is 0 Å². The third-order valence-corrected chi connectivity index (χ3v) is 1.64. The first kappa shape index (κ1) is 10.8. The van der Waals surface area contributed by atoms with E-state index in [9.17, 15) is 9.50 Å². The standard InChI is InChI=1S/C10H13FO3/c1-2-13-6-7-14-9-5-3-4-8(11)10(9)12/h3-5,12H,2,6-7H2,1H3. The number of benzene rings is 1. The summed E-state index contributed by atoms with van der Waals surface area (Å²) in [5.41, 5.74) is 0. The molecule has 4 heteroatoms. The Kier molecular flexibility index (Phi) is 4.19. The van der Waals surface area contributed by atoms with Crippen LogP contribution in [0.25, 0.3) is 0 Å².